The molecule has 160 valence electrons. The van der Waals surface area contributed by atoms with Crippen LogP contribution >= 0.6 is 0 Å². The van der Waals surface area contributed by atoms with E-state index in [1.54, 1.807) is 6.20 Å². The average molecular weight is 419 g/mol. The number of ether oxygens (including phenoxy) is 1. The van der Waals surface area contributed by atoms with E-state index in [9.17, 15) is 13.2 Å². The summed E-state index contributed by atoms with van der Waals surface area (Å²) in [5.74, 6) is 1.72. The fourth-order valence-electron chi connectivity index (χ4n) is 4.39. The first-order valence-corrected chi connectivity index (χ1v) is 10.5. The Morgan fingerprint density at radius 1 is 0.967 bits per heavy atom. The molecule has 30 heavy (non-hydrogen) atoms. The summed E-state index contributed by atoms with van der Waals surface area (Å²) < 4.78 is 44.5. The molecular weight excluding hydrogens is 395 g/mol. The van der Waals surface area contributed by atoms with E-state index in [0.29, 0.717) is 17.6 Å². The maximum Gasteiger partial charge on any atom is 0.417 e. The van der Waals surface area contributed by atoms with Gasteiger partial charge in [-0.1, -0.05) is 0 Å². The molecule has 0 radical (unpaired) electrons. The van der Waals surface area contributed by atoms with Crippen LogP contribution < -0.4 is 9.64 Å². The highest BCUT2D eigenvalue weighted by Crippen LogP contribution is 2.38. The molecule has 0 unspecified atom stereocenters. The monoisotopic (exact) mass is 419 g/mol. The molecule has 2 atom stereocenters. The van der Waals surface area contributed by atoms with Crippen LogP contribution in [0.2, 0.25) is 0 Å². The first-order valence-electron chi connectivity index (χ1n) is 10.5. The molecule has 2 aromatic heterocycles. The molecule has 0 spiro atoms. The van der Waals surface area contributed by atoms with Crippen LogP contribution in [0.1, 0.15) is 42.9 Å². The second-order valence-corrected chi connectivity index (χ2v) is 8.38. The van der Waals surface area contributed by atoms with Crippen LogP contribution in [-0.2, 0) is 6.18 Å². The molecule has 2 aliphatic heterocycles. The van der Waals surface area contributed by atoms with E-state index in [1.807, 2.05) is 6.20 Å². The zero-order valence-electron chi connectivity index (χ0n) is 16.6. The summed E-state index contributed by atoms with van der Waals surface area (Å²) in [7, 11) is 0. The second kappa shape index (κ2) is 7.68. The molecule has 9 heteroatoms. The summed E-state index contributed by atoms with van der Waals surface area (Å²) in [6.07, 6.45) is 4.30. The van der Waals surface area contributed by atoms with Gasteiger partial charge in [0, 0.05) is 50.8 Å². The van der Waals surface area contributed by atoms with Gasteiger partial charge in [-0.2, -0.15) is 13.2 Å². The smallest absolute Gasteiger partial charge is 0.417 e. The quantitative estimate of drug-likeness (QED) is 0.756. The van der Waals surface area contributed by atoms with E-state index < -0.39 is 11.7 Å². The molecule has 5 rings (SSSR count). The van der Waals surface area contributed by atoms with Gasteiger partial charge in [0.05, 0.1) is 23.7 Å². The minimum atomic E-state index is -4.36. The Balaban J connectivity index is 1.21. The SMILES string of the molecule is FC(F)(F)c1ccc(N2CCCN3C[C@H](Oc4cnc(C5CC5)cn4)C[C@@H]3C2)nc1. The second-order valence-electron chi connectivity index (χ2n) is 8.38. The molecule has 0 bridgehead atoms. The highest BCUT2D eigenvalue weighted by atomic mass is 19.4. The summed E-state index contributed by atoms with van der Waals surface area (Å²) in [6, 6.07) is 2.86. The Kier molecular flexibility index (Phi) is 5.00. The molecule has 3 aliphatic rings. The van der Waals surface area contributed by atoms with Crippen molar-refractivity contribution < 1.29 is 17.9 Å². The Bertz CT molecular complexity index is 870. The van der Waals surface area contributed by atoms with Crippen LogP contribution in [0.3, 0.4) is 0 Å². The van der Waals surface area contributed by atoms with E-state index in [-0.39, 0.29) is 12.1 Å². The lowest BCUT2D eigenvalue weighted by molar-refractivity contribution is -0.137. The molecule has 4 heterocycles. The minimum absolute atomic E-state index is 0.0385. The lowest BCUT2D eigenvalue weighted by Gasteiger charge is -2.26. The third-order valence-corrected chi connectivity index (χ3v) is 6.12. The van der Waals surface area contributed by atoms with Crippen LogP contribution in [0.4, 0.5) is 19.0 Å². The third kappa shape index (κ3) is 4.21. The van der Waals surface area contributed by atoms with E-state index in [2.05, 4.69) is 24.8 Å². The van der Waals surface area contributed by atoms with E-state index >= 15 is 0 Å². The fourth-order valence-corrected chi connectivity index (χ4v) is 4.39. The molecule has 2 aromatic rings. The van der Waals surface area contributed by atoms with Crippen molar-refractivity contribution in [2.75, 3.05) is 31.1 Å². The average Bonchev–Trinajstić information content (AvgIpc) is 3.53. The van der Waals surface area contributed by atoms with Gasteiger partial charge < -0.3 is 9.64 Å². The number of nitrogens with zero attached hydrogens (tertiary/aromatic N) is 5. The lowest BCUT2D eigenvalue weighted by Crippen LogP contribution is -2.37. The Morgan fingerprint density at radius 3 is 2.50 bits per heavy atom. The van der Waals surface area contributed by atoms with Crippen LogP contribution in [-0.4, -0.2) is 58.2 Å². The number of pyridine rings is 1. The van der Waals surface area contributed by atoms with Gasteiger partial charge in [0.25, 0.3) is 0 Å². The van der Waals surface area contributed by atoms with Gasteiger partial charge in [-0.05, 0) is 31.4 Å². The van der Waals surface area contributed by atoms with Crippen LogP contribution in [0, 0.1) is 0 Å². The van der Waals surface area contributed by atoms with Gasteiger partial charge in [0.2, 0.25) is 5.88 Å². The predicted molar refractivity (Wildman–Crippen MR) is 104 cm³/mol. The number of aromatic nitrogens is 3. The van der Waals surface area contributed by atoms with E-state index in [1.165, 1.54) is 18.9 Å². The standard InChI is InChI=1S/C21H24F3N5O/c22-21(23,24)15-4-5-19(26-9-15)29-7-1-6-28-13-17(8-16(28)12-29)30-20-11-25-18(10-27-20)14-2-3-14/h4-5,9-11,14,16-17H,1-3,6-8,12-13H2/t16-,17-/m1/s1. The lowest BCUT2D eigenvalue weighted by atomic mass is 10.2. The van der Waals surface area contributed by atoms with E-state index in [4.69, 9.17) is 4.74 Å². The Labute approximate surface area is 173 Å². The van der Waals surface area contributed by atoms with Gasteiger partial charge in [0.15, 0.2) is 0 Å². The summed E-state index contributed by atoms with van der Waals surface area (Å²) in [6.45, 7) is 3.27. The van der Waals surface area contributed by atoms with Crippen molar-refractivity contribution in [3.05, 3.63) is 42.0 Å². The highest BCUT2D eigenvalue weighted by Gasteiger charge is 2.37. The number of rotatable bonds is 4. The van der Waals surface area contributed by atoms with Crippen molar-refractivity contribution in [3.8, 4) is 5.88 Å². The summed E-state index contributed by atoms with van der Waals surface area (Å²) in [5.41, 5.74) is 0.327. The number of halogens is 3. The largest absolute Gasteiger partial charge is 0.472 e. The van der Waals surface area contributed by atoms with Crippen molar-refractivity contribution in [1.82, 2.24) is 19.9 Å². The first-order chi connectivity index (χ1) is 14.5. The Hall–Kier alpha value is -2.42. The van der Waals surface area contributed by atoms with Crippen molar-refractivity contribution in [1.29, 1.82) is 0 Å². The van der Waals surface area contributed by atoms with E-state index in [0.717, 1.165) is 57.0 Å². The third-order valence-electron chi connectivity index (χ3n) is 6.12. The zero-order valence-corrected chi connectivity index (χ0v) is 16.6. The number of fused-ring (bicyclic) bond motifs is 1. The van der Waals surface area contributed by atoms with Gasteiger partial charge in [-0.3, -0.25) is 9.88 Å². The molecule has 6 nitrogen and oxygen atoms in total. The molecule has 0 aromatic carbocycles. The molecule has 0 N–H and O–H groups in total. The summed E-state index contributed by atoms with van der Waals surface area (Å²) >= 11 is 0. The maximum atomic E-state index is 12.8. The number of hydrogen-bond acceptors (Lipinski definition) is 6. The topological polar surface area (TPSA) is 54.4 Å². The van der Waals surface area contributed by atoms with Gasteiger partial charge in [-0.15, -0.1) is 0 Å². The van der Waals surface area contributed by atoms with Crippen LogP contribution in [0.5, 0.6) is 5.88 Å². The van der Waals surface area contributed by atoms with Gasteiger partial charge in [0.1, 0.15) is 11.9 Å². The zero-order chi connectivity index (χ0) is 20.7. The minimum Gasteiger partial charge on any atom is -0.472 e. The van der Waals surface area contributed by atoms with Crippen molar-refractivity contribution in [3.63, 3.8) is 0 Å². The predicted octanol–water partition coefficient (Wildman–Crippen LogP) is 3.50. The molecule has 1 aliphatic carbocycles. The van der Waals surface area contributed by atoms with Crippen molar-refractivity contribution >= 4 is 5.82 Å². The molecule has 1 saturated carbocycles. The van der Waals surface area contributed by atoms with Gasteiger partial charge in [-0.25, -0.2) is 9.97 Å². The molecule has 3 fully saturated rings. The van der Waals surface area contributed by atoms with Crippen LogP contribution in [0.25, 0.3) is 0 Å². The fraction of sp³-hybridized carbons (Fsp3) is 0.571. The highest BCUT2D eigenvalue weighted by molar-refractivity contribution is 5.40. The van der Waals surface area contributed by atoms with Crippen LogP contribution in [0.15, 0.2) is 30.7 Å². The number of hydrogen-bond donors (Lipinski definition) is 0. The Morgan fingerprint density at radius 2 is 1.83 bits per heavy atom. The number of anilines is 1. The normalized spacial score (nSPS) is 25.1. The van der Waals surface area contributed by atoms with Gasteiger partial charge >= 0.3 is 6.18 Å². The summed E-state index contributed by atoms with van der Waals surface area (Å²) in [5, 5.41) is 0. The first kappa shape index (κ1) is 19.5. The van der Waals surface area contributed by atoms with Crippen molar-refractivity contribution in [2.24, 2.45) is 0 Å². The van der Waals surface area contributed by atoms with Crippen molar-refractivity contribution in [2.45, 2.75) is 49.9 Å². The maximum absolute atomic E-state index is 12.8. The molecule has 2 saturated heterocycles. The molecular formula is C21H24F3N5O. The molecule has 0 amide bonds. The number of alkyl halides is 3. The summed E-state index contributed by atoms with van der Waals surface area (Å²) in [4.78, 5) is 17.4.